The molecule has 0 heterocycles. The van der Waals surface area contributed by atoms with Crippen LogP contribution in [0.15, 0.2) is 48.5 Å². The first-order valence-electron chi connectivity index (χ1n) is 9.54. The lowest BCUT2D eigenvalue weighted by molar-refractivity contribution is -0.151. The third kappa shape index (κ3) is 7.54. The van der Waals surface area contributed by atoms with Crippen LogP contribution in [0.3, 0.4) is 0 Å². The number of anilines is 1. The summed E-state index contributed by atoms with van der Waals surface area (Å²) in [6, 6.07) is 12.7. The average molecular weight is 416 g/mol. The van der Waals surface area contributed by atoms with Crippen molar-refractivity contribution >= 4 is 23.5 Å². The Morgan fingerprint density at radius 1 is 1.07 bits per heavy atom. The number of esters is 1. The highest BCUT2D eigenvalue weighted by molar-refractivity contribution is 5.94. The molecular weight excluding hydrogens is 391 g/mol. The van der Waals surface area contributed by atoms with E-state index in [1.807, 2.05) is 31.2 Å². The van der Waals surface area contributed by atoms with Crippen LogP contribution in [0.25, 0.3) is 0 Å². The smallest absolute Gasteiger partial charge is 0.306 e. The number of para-hydroxylation sites is 1. The molecule has 0 saturated heterocycles. The number of carbonyl (C=O) groups is 3. The number of halogens is 1. The van der Waals surface area contributed by atoms with Crippen LogP contribution in [0.1, 0.15) is 18.9 Å². The van der Waals surface area contributed by atoms with Gasteiger partial charge in [-0.25, -0.2) is 4.39 Å². The van der Waals surface area contributed by atoms with Gasteiger partial charge >= 0.3 is 5.97 Å². The quantitative estimate of drug-likeness (QED) is 0.602. The van der Waals surface area contributed by atoms with Crippen molar-refractivity contribution in [3.05, 3.63) is 59.9 Å². The predicted octanol–water partition coefficient (Wildman–Crippen LogP) is 2.80. The maximum absolute atomic E-state index is 12.9. The second-order valence-electron chi connectivity index (χ2n) is 6.51. The highest BCUT2D eigenvalue weighted by Gasteiger charge is 2.16. The highest BCUT2D eigenvalue weighted by Crippen LogP contribution is 2.19. The van der Waals surface area contributed by atoms with E-state index in [1.54, 1.807) is 0 Å². The van der Waals surface area contributed by atoms with Gasteiger partial charge in [0, 0.05) is 19.2 Å². The van der Waals surface area contributed by atoms with Crippen molar-refractivity contribution in [2.24, 2.45) is 0 Å². The number of hydrogen-bond donors (Lipinski definition) is 1. The van der Waals surface area contributed by atoms with E-state index in [0.717, 1.165) is 16.2 Å². The standard InChI is InChI=1S/C22H25FN2O5/c1-3-29-19-7-5-4-6-16(19)8-13-22(28)30-15-21(27)25(2)14-20(26)24-18-11-9-17(23)10-12-18/h4-7,9-12H,3,8,13-15H2,1-2H3,(H,24,26). The van der Waals surface area contributed by atoms with Crippen LogP contribution in [0.2, 0.25) is 0 Å². The van der Waals surface area contributed by atoms with Crippen LogP contribution in [0.5, 0.6) is 5.75 Å². The lowest BCUT2D eigenvalue weighted by Crippen LogP contribution is -2.37. The Balaban J connectivity index is 1.73. The van der Waals surface area contributed by atoms with Gasteiger partial charge in [-0.1, -0.05) is 18.2 Å². The summed E-state index contributed by atoms with van der Waals surface area (Å²) in [5.41, 5.74) is 1.30. The summed E-state index contributed by atoms with van der Waals surface area (Å²) in [6.07, 6.45) is 0.533. The van der Waals surface area contributed by atoms with Gasteiger partial charge in [-0.05, 0) is 49.2 Å². The lowest BCUT2D eigenvalue weighted by atomic mass is 10.1. The normalized spacial score (nSPS) is 10.2. The van der Waals surface area contributed by atoms with Crippen LogP contribution in [-0.2, 0) is 25.5 Å². The third-order valence-corrected chi connectivity index (χ3v) is 4.16. The van der Waals surface area contributed by atoms with Crippen molar-refractivity contribution in [2.75, 3.05) is 32.1 Å². The molecule has 0 unspecified atom stereocenters. The minimum atomic E-state index is -0.515. The number of nitrogens with zero attached hydrogens (tertiary/aromatic N) is 1. The third-order valence-electron chi connectivity index (χ3n) is 4.16. The summed E-state index contributed by atoms with van der Waals surface area (Å²) >= 11 is 0. The summed E-state index contributed by atoms with van der Waals surface area (Å²) in [7, 11) is 1.43. The van der Waals surface area contributed by atoms with Crippen LogP contribution in [-0.4, -0.2) is 49.5 Å². The number of rotatable bonds is 10. The maximum atomic E-state index is 12.9. The number of nitrogens with one attached hydrogen (secondary N) is 1. The van der Waals surface area contributed by atoms with Gasteiger partial charge < -0.3 is 19.7 Å². The molecular formula is C22H25FN2O5. The Morgan fingerprint density at radius 2 is 1.77 bits per heavy atom. The van der Waals surface area contributed by atoms with E-state index in [2.05, 4.69) is 5.32 Å². The van der Waals surface area contributed by atoms with Crippen molar-refractivity contribution < 1.29 is 28.2 Å². The Bertz CT molecular complexity index is 870. The first kappa shape index (κ1) is 22.9. The summed E-state index contributed by atoms with van der Waals surface area (Å²) < 4.78 is 23.4. The fourth-order valence-corrected chi connectivity index (χ4v) is 2.61. The molecule has 0 spiro atoms. The maximum Gasteiger partial charge on any atom is 0.306 e. The van der Waals surface area contributed by atoms with E-state index < -0.39 is 30.2 Å². The van der Waals surface area contributed by atoms with E-state index in [-0.39, 0.29) is 13.0 Å². The number of aryl methyl sites for hydroxylation is 1. The Morgan fingerprint density at radius 3 is 2.47 bits per heavy atom. The monoisotopic (exact) mass is 416 g/mol. The van der Waals surface area contributed by atoms with Gasteiger partial charge in [0.05, 0.1) is 13.2 Å². The number of ether oxygens (including phenoxy) is 2. The molecule has 2 amide bonds. The summed E-state index contributed by atoms with van der Waals surface area (Å²) in [6.45, 7) is 1.73. The van der Waals surface area contributed by atoms with E-state index in [4.69, 9.17) is 9.47 Å². The van der Waals surface area contributed by atoms with Gasteiger partial charge in [0.2, 0.25) is 5.91 Å². The molecule has 0 saturated carbocycles. The van der Waals surface area contributed by atoms with Crippen molar-refractivity contribution in [3.8, 4) is 5.75 Å². The zero-order valence-corrected chi connectivity index (χ0v) is 17.0. The first-order valence-corrected chi connectivity index (χ1v) is 9.54. The van der Waals surface area contributed by atoms with Crippen molar-refractivity contribution in [2.45, 2.75) is 19.8 Å². The molecule has 0 aliphatic heterocycles. The predicted molar refractivity (Wildman–Crippen MR) is 110 cm³/mol. The molecule has 2 aromatic carbocycles. The van der Waals surface area contributed by atoms with E-state index in [9.17, 15) is 18.8 Å². The molecule has 0 atom stereocenters. The van der Waals surface area contributed by atoms with Gasteiger partial charge in [0.25, 0.3) is 5.91 Å². The molecule has 0 aliphatic carbocycles. The number of likely N-dealkylation sites (N-methyl/N-ethyl adjacent to an activating group) is 1. The fraction of sp³-hybridized carbons (Fsp3) is 0.318. The molecule has 2 rings (SSSR count). The minimum Gasteiger partial charge on any atom is -0.494 e. The van der Waals surface area contributed by atoms with Gasteiger partial charge in [-0.3, -0.25) is 14.4 Å². The molecule has 0 bridgehead atoms. The Kier molecular flexibility index (Phi) is 8.80. The molecule has 2 aromatic rings. The van der Waals surface area contributed by atoms with Crippen LogP contribution in [0.4, 0.5) is 10.1 Å². The first-order chi connectivity index (χ1) is 14.4. The Hall–Kier alpha value is -3.42. The highest BCUT2D eigenvalue weighted by atomic mass is 19.1. The molecule has 7 nitrogen and oxygen atoms in total. The number of hydrogen-bond acceptors (Lipinski definition) is 5. The lowest BCUT2D eigenvalue weighted by Gasteiger charge is -2.17. The van der Waals surface area contributed by atoms with Crippen LogP contribution >= 0.6 is 0 Å². The van der Waals surface area contributed by atoms with Gasteiger partial charge in [0.15, 0.2) is 6.61 Å². The van der Waals surface area contributed by atoms with E-state index in [0.29, 0.717) is 18.7 Å². The van der Waals surface area contributed by atoms with Crippen LogP contribution < -0.4 is 10.1 Å². The van der Waals surface area contributed by atoms with Gasteiger partial charge in [-0.15, -0.1) is 0 Å². The number of benzene rings is 2. The topological polar surface area (TPSA) is 84.9 Å². The molecule has 0 aromatic heterocycles. The van der Waals surface area contributed by atoms with E-state index >= 15 is 0 Å². The summed E-state index contributed by atoms with van der Waals surface area (Å²) in [4.78, 5) is 37.2. The molecule has 1 N–H and O–H groups in total. The fourth-order valence-electron chi connectivity index (χ4n) is 2.61. The van der Waals surface area contributed by atoms with Gasteiger partial charge in [-0.2, -0.15) is 0 Å². The number of carbonyl (C=O) groups excluding carboxylic acids is 3. The molecule has 0 aliphatic rings. The molecule has 0 fully saturated rings. The zero-order valence-electron chi connectivity index (χ0n) is 17.0. The van der Waals surface area contributed by atoms with Crippen molar-refractivity contribution in [1.82, 2.24) is 4.90 Å². The zero-order chi connectivity index (χ0) is 21.9. The minimum absolute atomic E-state index is 0.103. The molecule has 30 heavy (non-hydrogen) atoms. The number of amides is 2. The summed E-state index contributed by atoms with van der Waals surface area (Å²) in [5, 5.41) is 2.55. The van der Waals surface area contributed by atoms with Crippen molar-refractivity contribution in [3.63, 3.8) is 0 Å². The van der Waals surface area contributed by atoms with Crippen molar-refractivity contribution in [1.29, 1.82) is 0 Å². The molecule has 0 radical (unpaired) electrons. The molecule has 160 valence electrons. The van der Waals surface area contributed by atoms with Crippen LogP contribution in [0, 0.1) is 5.82 Å². The average Bonchev–Trinajstić information content (AvgIpc) is 2.73. The SMILES string of the molecule is CCOc1ccccc1CCC(=O)OCC(=O)N(C)CC(=O)Nc1ccc(F)cc1. The second-order valence-corrected chi connectivity index (χ2v) is 6.51. The largest absolute Gasteiger partial charge is 0.494 e. The second kappa shape index (κ2) is 11.5. The Labute approximate surface area is 174 Å². The van der Waals surface area contributed by atoms with Gasteiger partial charge in [0.1, 0.15) is 11.6 Å². The van der Waals surface area contributed by atoms with E-state index in [1.165, 1.54) is 31.3 Å². The summed E-state index contributed by atoms with van der Waals surface area (Å²) in [5.74, 6) is -1.17. The molecule has 8 heteroatoms.